The minimum absolute atomic E-state index is 0.193. The molecular formula is C12H19N3O2. The van der Waals surface area contributed by atoms with Crippen LogP contribution in [0.1, 0.15) is 37.8 Å². The largest absolute Gasteiger partial charge is 0.480 e. The van der Waals surface area contributed by atoms with Crippen LogP contribution in [0.4, 0.5) is 0 Å². The van der Waals surface area contributed by atoms with Gasteiger partial charge in [-0.05, 0) is 38.3 Å². The molecule has 1 heterocycles. The van der Waals surface area contributed by atoms with Crippen molar-refractivity contribution in [3.63, 3.8) is 0 Å². The molecule has 5 nitrogen and oxygen atoms in total. The van der Waals surface area contributed by atoms with E-state index in [0.29, 0.717) is 19.4 Å². The molecule has 0 spiro atoms. The van der Waals surface area contributed by atoms with Gasteiger partial charge in [0.15, 0.2) is 0 Å². The molecule has 2 atom stereocenters. The summed E-state index contributed by atoms with van der Waals surface area (Å²) in [5.74, 6) is -0.745. The lowest BCUT2D eigenvalue weighted by Gasteiger charge is -2.25. The maximum Gasteiger partial charge on any atom is 0.323 e. The predicted octanol–water partition coefficient (Wildman–Crippen LogP) is 1.35. The van der Waals surface area contributed by atoms with E-state index < -0.39 is 11.5 Å². The van der Waals surface area contributed by atoms with Gasteiger partial charge in [0.2, 0.25) is 0 Å². The Morgan fingerprint density at radius 2 is 2.53 bits per heavy atom. The zero-order valence-electron chi connectivity index (χ0n) is 10.3. The number of aromatic nitrogens is 2. The van der Waals surface area contributed by atoms with Crippen LogP contribution in [-0.4, -0.2) is 32.9 Å². The van der Waals surface area contributed by atoms with Crippen LogP contribution in [0.15, 0.2) is 12.4 Å². The second-order valence-electron chi connectivity index (χ2n) is 4.81. The summed E-state index contributed by atoms with van der Waals surface area (Å²) in [5.41, 5.74) is 0.348. The molecule has 0 bridgehead atoms. The molecule has 0 aliphatic heterocycles. The Kier molecular flexibility index (Phi) is 3.19. The third-order valence-corrected chi connectivity index (χ3v) is 3.52. The van der Waals surface area contributed by atoms with Crippen molar-refractivity contribution in [1.82, 2.24) is 15.1 Å². The Morgan fingerprint density at radius 1 is 1.76 bits per heavy atom. The lowest BCUT2D eigenvalue weighted by Crippen LogP contribution is -2.50. The van der Waals surface area contributed by atoms with Crippen LogP contribution >= 0.6 is 0 Å². The van der Waals surface area contributed by atoms with E-state index in [4.69, 9.17) is 0 Å². The van der Waals surface area contributed by atoms with E-state index in [0.717, 1.165) is 12.0 Å². The Balaban J connectivity index is 2.14. The van der Waals surface area contributed by atoms with Gasteiger partial charge < -0.3 is 10.4 Å². The highest BCUT2D eigenvalue weighted by atomic mass is 16.4. The summed E-state index contributed by atoms with van der Waals surface area (Å²) < 4.78 is 1.90. The summed E-state index contributed by atoms with van der Waals surface area (Å²) in [6, 6.07) is 0.193. The summed E-state index contributed by atoms with van der Waals surface area (Å²) in [6.07, 6.45) is 5.93. The maximum absolute atomic E-state index is 11.4. The molecule has 0 amide bonds. The molecular weight excluding hydrogens is 218 g/mol. The molecule has 0 saturated heterocycles. The molecule has 5 heteroatoms. The van der Waals surface area contributed by atoms with Gasteiger partial charge in [-0.25, -0.2) is 0 Å². The van der Waals surface area contributed by atoms with Crippen molar-refractivity contribution in [2.75, 3.05) is 6.54 Å². The molecule has 1 saturated carbocycles. The molecule has 0 aromatic carbocycles. The van der Waals surface area contributed by atoms with Gasteiger partial charge in [0, 0.05) is 6.20 Å². The highest BCUT2D eigenvalue weighted by molar-refractivity contribution is 5.79. The summed E-state index contributed by atoms with van der Waals surface area (Å²) in [4.78, 5) is 11.4. The number of aliphatic carboxylic acids is 1. The number of hydrogen-bond donors (Lipinski definition) is 2. The van der Waals surface area contributed by atoms with E-state index in [1.54, 1.807) is 0 Å². The standard InChI is InChI=1S/C12H19N3O2/c1-3-13-12(11(16)17)5-4-10(6-12)15-8-9(2)7-14-15/h7-8,10,13H,3-6H2,1-2H3,(H,16,17). The number of hydrogen-bond acceptors (Lipinski definition) is 3. The molecule has 1 fully saturated rings. The fraction of sp³-hybridized carbons (Fsp3) is 0.667. The molecule has 0 radical (unpaired) electrons. The second kappa shape index (κ2) is 4.49. The lowest BCUT2D eigenvalue weighted by molar-refractivity contribution is -0.144. The van der Waals surface area contributed by atoms with E-state index in [1.165, 1.54) is 0 Å². The SMILES string of the molecule is CCNC1(C(=O)O)CCC(n2cc(C)cn2)C1. The van der Waals surface area contributed by atoms with Gasteiger partial charge in [0.1, 0.15) is 5.54 Å². The first kappa shape index (κ1) is 12.1. The Bertz CT molecular complexity index is 416. The van der Waals surface area contributed by atoms with Gasteiger partial charge >= 0.3 is 5.97 Å². The van der Waals surface area contributed by atoms with E-state index in [9.17, 15) is 9.90 Å². The fourth-order valence-electron chi connectivity index (χ4n) is 2.65. The molecule has 1 aromatic rings. The van der Waals surface area contributed by atoms with Gasteiger partial charge in [-0.1, -0.05) is 6.92 Å². The minimum atomic E-state index is -0.765. The summed E-state index contributed by atoms with van der Waals surface area (Å²) in [6.45, 7) is 4.61. The topological polar surface area (TPSA) is 67.2 Å². The Hall–Kier alpha value is -1.36. The predicted molar refractivity (Wildman–Crippen MR) is 63.9 cm³/mol. The van der Waals surface area contributed by atoms with Crippen LogP contribution in [-0.2, 0) is 4.79 Å². The number of carbonyl (C=O) groups is 1. The molecule has 2 rings (SSSR count). The van der Waals surface area contributed by atoms with Crippen LogP contribution in [0.2, 0.25) is 0 Å². The maximum atomic E-state index is 11.4. The number of carboxylic acids is 1. The zero-order chi connectivity index (χ0) is 12.5. The molecule has 2 unspecified atom stereocenters. The highest BCUT2D eigenvalue weighted by Crippen LogP contribution is 2.37. The number of likely N-dealkylation sites (N-methyl/N-ethyl adjacent to an activating group) is 1. The van der Waals surface area contributed by atoms with Crippen molar-refractivity contribution < 1.29 is 9.90 Å². The van der Waals surface area contributed by atoms with Crippen molar-refractivity contribution in [3.05, 3.63) is 18.0 Å². The third-order valence-electron chi connectivity index (χ3n) is 3.52. The molecule has 1 aliphatic rings. The highest BCUT2D eigenvalue weighted by Gasteiger charge is 2.45. The second-order valence-corrected chi connectivity index (χ2v) is 4.81. The number of rotatable bonds is 4. The quantitative estimate of drug-likeness (QED) is 0.829. The molecule has 1 aliphatic carbocycles. The first-order valence-corrected chi connectivity index (χ1v) is 6.06. The monoisotopic (exact) mass is 237 g/mol. The zero-order valence-corrected chi connectivity index (χ0v) is 10.3. The van der Waals surface area contributed by atoms with Crippen LogP contribution in [0, 0.1) is 6.92 Å². The Morgan fingerprint density at radius 3 is 3.06 bits per heavy atom. The van der Waals surface area contributed by atoms with Crippen LogP contribution < -0.4 is 5.32 Å². The van der Waals surface area contributed by atoms with E-state index in [-0.39, 0.29) is 6.04 Å². The van der Waals surface area contributed by atoms with Crippen molar-refractivity contribution in [2.45, 2.75) is 44.7 Å². The Labute approximate surface area is 101 Å². The van der Waals surface area contributed by atoms with Crippen molar-refractivity contribution >= 4 is 5.97 Å². The van der Waals surface area contributed by atoms with Gasteiger partial charge in [-0.2, -0.15) is 5.10 Å². The first-order chi connectivity index (χ1) is 8.07. The number of nitrogens with zero attached hydrogens (tertiary/aromatic N) is 2. The number of carboxylic acid groups (broad SMARTS) is 1. The molecule has 2 N–H and O–H groups in total. The summed E-state index contributed by atoms with van der Waals surface area (Å²) >= 11 is 0. The van der Waals surface area contributed by atoms with Crippen molar-refractivity contribution in [2.24, 2.45) is 0 Å². The average molecular weight is 237 g/mol. The fourth-order valence-corrected chi connectivity index (χ4v) is 2.65. The number of aryl methyl sites for hydroxylation is 1. The summed E-state index contributed by atoms with van der Waals surface area (Å²) in [7, 11) is 0. The molecule has 1 aromatic heterocycles. The van der Waals surface area contributed by atoms with E-state index in [1.807, 2.05) is 30.9 Å². The van der Waals surface area contributed by atoms with E-state index >= 15 is 0 Å². The lowest BCUT2D eigenvalue weighted by atomic mass is 9.97. The average Bonchev–Trinajstić information content (AvgIpc) is 2.86. The van der Waals surface area contributed by atoms with Crippen molar-refractivity contribution in [3.8, 4) is 0 Å². The molecule has 94 valence electrons. The summed E-state index contributed by atoms with van der Waals surface area (Å²) in [5, 5.41) is 16.8. The van der Waals surface area contributed by atoms with Gasteiger partial charge in [-0.3, -0.25) is 9.48 Å². The van der Waals surface area contributed by atoms with E-state index in [2.05, 4.69) is 10.4 Å². The van der Waals surface area contributed by atoms with Crippen molar-refractivity contribution in [1.29, 1.82) is 0 Å². The normalized spacial score (nSPS) is 28.5. The van der Waals surface area contributed by atoms with Gasteiger partial charge in [0.25, 0.3) is 0 Å². The smallest absolute Gasteiger partial charge is 0.323 e. The first-order valence-electron chi connectivity index (χ1n) is 6.06. The van der Waals surface area contributed by atoms with Crippen LogP contribution in [0.25, 0.3) is 0 Å². The molecule has 17 heavy (non-hydrogen) atoms. The van der Waals surface area contributed by atoms with Crippen LogP contribution in [0.3, 0.4) is 0 Å². The van der Waals surface area contributed by atoms with Crippen LogP contribution in [0.5, 0.6) is 0 Å². The van der Waals surface area contributed by atoms with Gasteiger partial charge in [0.05, 0.1) is 12.2 Å². The minimum Gasteiger partial charge on any atom is -0.480 e. The van der Waals surface area contributed by atoms with Gasteiger partial charge in [-0.15, -0.1) is 0 Å². The third kappa shape index (κ3) is 2.20. The number of nitrogens with one attached hydrogen (secondary N) is 1.